The number of hydrazone groups is 1. The number of ether oxygens (including phenoxy) is 1. The van der Waals surface area contributed by atoms with Crippen molar-refractivity contribution in [1.29, 1.82) is 0 Å². The summed E-state index contributed by atoms with van der Waals surface area (Å²) >= 11 is 3.39. The maximum absolute atomic E-state index is 12.2. The normalized spacial score (nSPS) is 10.7. The topological polar surface area (TPSA) is 93.8 Å². The summed E-state index contributed by atoms with van der Waals surface area (Å²) in [6.45, 7) is 0.416. The van der Waals surface area contributed by atoms with E-state index in [0.717, 1.165) is 10.0 Å². The highest BCUT2D eigenvalue weighted by atomic mass is 79.9. The lowest BCUT2D eigenvalue weighted by atomic mass is 10.2. The molecule has 0 fully saturated rings. The van der Waals surface area contributed by atoms with Crippen LogP contribution in [0.3, 0.4) is 0 Å². The Balaban J connectivity index is 1.56. The summed E-state index contributed by atoms with van der Waals surface area (Å²) in [6, 6.07) is 20.6. The van der Waals surface area contributed by atoms with E-state index in [1.807, 2.05) is 24.3 Å². The lowest BCUT2D eigenvalue weighted by Gasteiger charge is -2.07. The van der Waals surface area contributed by atoms with Crippen LogP contribution >= 0.6 is 15.9 Å². The average Bonchev–Trinajstić information content (AvgIpc) is 2.74. The van der Waals surface area contributed by atoms with Crippen molar-refractivity contribution in [3.8, 4) is 5.75 Å². The fourth-order valence-electron chi connectivity index (χ4n) is 2.44. The van der Waals surface area contributed by atoms with E-state index in [0.29, 0.717) is 23.5 Å². The zero-order chi connectivity index (χ0) is 20.6. The van der Waals surface area contributed by atoms with Crippen LogP contribution in [0.5, 0.6) is 5.75 Å². The van der Waals surface area contributed by atoms with Gasteiger partial charge in [0.2, 0.25) is 0 Å². The number of rotatable bonds is 7. The van der Waals surface area contributed by atoms with Crippen molar-refractivity contribution in [2.45, 2.75) is 6.61 Å². The lowest BCUT2D eigenvalue weighted by Crippen LogP contribution is -2.17. The number of nitrogens with one attached hydrogen (secondary N) is 1. The Kier molecular flexibility index (Phi) is 6.70. The fraction of sp³-hybridized carbons (Fsp3) is 0.0476. The molecule has 8 heteroatoms. The number of hydrogen-bond acceptors (Lipinski definition) is 5. The molecule has 1 amide bonds. The van der Waals surface area contributed by atoms with E-state index < -0.39 is 10.8 Å². The maximum atomic E-state index is 12.2. The van der Waals surface area contributed by atoms with Crippen LogP contribution in [0.1, 0.15) is 21.5 Å². The molecule has 1 N–H and O–H groups in total. The molecule has 3 aromatic rings. The molecule has 3 rings (SSSR count). The standard InChI is InChI=1S/C21H16BrN3O4/c22-18-9-5-15(6-10-18)14-29-19-11-7-16(8-12-19)21(26)24-23-13-17-3-1-2-4-20(17)25(27)28/h1-13H,14H2,(H,24,26)/b23-13+. The Morgan fingerprint density at radius 3 is 2.45 bits per heavy atom. The van der Waals surface area contributed by atoms with Gasteiger partial charge in [0, 0.05) is 16.1 Å². The van der Waals surface area contributed by atoms with Gasteiger partial charge in [-0.05, 0) is 48.0 Å². The second-order valence-electron chi connectivity index (χ2n) is 5.95. The van der Waals surface area contributed by atoms with Gasteiger partial charge < -0.3 is 4.74 Å². The summed E-state index contributed by atoms with van der Waals surface area (Å²) in [5.74, 6) is 0.201. The van der Waals surface area contributed by atoms with Crippen molar-refractivity contribution in [1.82, 2.24) is 5.43 Å². The van der Waals surface area contributed by atoms with Crippen molar-refractivity contribution in [2.24, 2.45) is 5.10 Å². The molecule has 0 saturated heterocycles. The van der Waals surface area contributed by atoms with Gasteiger partial charge >= 0.3 is 0 Å². The number of nitro groups is 1. The molecule has 0 atom stereocenters. The Hall–Kier alpha value is -3.52. The number of nitrogens with zero attached hydrogens (tertiary/aromatic N) is 2. The molecular formula is C21H16BrN3O4. The largest absolute Gasteiger partial charge is 0.489 e. The molecular weight excluding hydrogens is 438 g/mol. The van der Waals surface area contributed by atoms with Crippen LogP contribution in [0.2, 0.25) is 0 Å². The van der Waals surface area contributed by atoms with E-state index in [-0.39, 0.29) is 5.69 Å². The summed E-state index contributed by atoms with van der Waals surface area (Å²) in [4.78, 5) is 22.6. The van der Waals surface area contributed by atoms with Crippen LogP contribution in [-0.4, -0.2) is 17.0 Å². The minimum absolute atomic E-state index is 0.0854. The predicted octanol–water partition coefficient (Wildman–Crippen LogP) is 4.70. The number of nitro benzene ring substituents is 1. The highest BCUT2D eigenvalue weighted by Gasteiger charge is 2.10. The maximum Gasteiger partial charge on any atom is 0.278 e. The molecule has 0 bridgehead atoms. The minimum atomic E-state index is -0.504. The smallest absolute Gasteiger partial charge is 0.278 e. The molecule has 0 spiro atoms. The number of halogens is 1. The first-order valence-corrected chi connectivity index (χ1v) is 9.36. The molecule has 7 nitrogen and oxygen atoms in total. The SMILES string of the molecule is O=C(N/N=C/c1ccccc1[N+](=O)[O-])c1ccc(OCc2ccc(Br)cc2)cc1. The zero-order valence-corrected chi connectivity index (χ0v) is 16.7. The van der Waals surface area contributed by atoms with Crippen LogP contribution in [0.15, 0.2) is 82.4 Å². The van der Waals surface area contributed by atoms with Crippen molar-refractivity contribution in [3.63, 3.8) is 0 Å². The third kappa shape index (κ3) is 5.73. The number of para-hydroxylation sites is 1. The molecule has 0 saturated carbocycles. The van der Waals surface area contributed by atoms with Gasteiger partial charge in [-0.3, -0.25) is 14.9 Å². The number of carbonyl (C=O) groups excluding carboxylic acids is 1. The molecule has 0 aliphatic rings. The zero-order valence-electron chi connectivity index (χ0n) is 15.1. The monoisotopic (exact) mass is 453 g/mol. The Bertz CT molecular complexity index is 1030. The van der Waals surface area contributed by atoms with Gasteiger partial charge in [-0.2, -0.15) is 5.10 Å². The average molecular weight is 454 g/mol. The van der Waals surface area contributed by atoms with Crippen LogP contribution in [0.25, 0.3) is 0 Å². The lowest BCUT2D eigenvalue weighted by molar-refractivity contribution is -0.385. The highest BCUT2D eigenvalue weighted by molar-refractivity contribution is 9.10. The van der Waals surface area contributed by atoms with E-state index in [9.17, 15) is 14.9 Å². The summed E-state index contributed by atoms with van der Waals surface area (Å²) in [5.41, 5.74) is 3.99. The second-order valence-corrected chi connectivity index (χ2v) is 6.87. The predicted molar refractivity (Wildman–Crippen MR) is 113 cm³/mol. The Labute approximate surface area is 175 Å². The molecule has 0 radical (unpaired) electrons. The first-order valence-electron chi connectivity index (χ1n) is 8.57. The van der Waals surface area contributed by atoms with Gasteiger partial charge in [0.1, 0.15) is 12.4 Å². The van der Waals surface area contributed by atoms with Gasteiger partial charge in [-0.1, -0.05) is 40.2 Å². The highest BCUT2D eigenvalue weighted by Crippen LogP contribution is 2.17. The van der Waals surface area contributed by atoms with Gasteiger partial charge in [-0.25, -0.2) is 5.43 Å². The molecule has 0 aromatic heterocycles. The van der Waals surface area contributed by atoms with Gasteiger partial charge in [0.05, 0.1) is 16.7 Å². The first kappa shape index (κ1) is 20.2. The number of amides is 1. The van der Waals surface area contributed by atoms with Crippen molar-refractivity contribution < 1.29 is 14.5 Å². The molecule has 0 aliphatic heterocycles. The summed E-state index contributed by atoms with van der Waals surface area (Å²) in [6.07, 6.45) is 1.24. The molecule has 0 aliphatic carbocycles. The van der Waals surface area contributed by atoms with E-state index in [1.54, 1.807) is 42.5 Å². The third-order valence-electron chi connectivity index (χ3n) is 3.94. The summed E-state index contributed by atoms with van der Waals surface area (Å²) in [5, 5.41) is 14.8. The first-order chi connectivity index (χ1) is 14.0. The molecule has 0 heterocycles. The van der Waals surface area contributed by atoms with Crippen LogP contribution in [-0.2, 0) is 6.61 Å². The van der Waals surface area contributed by atoms with Crippen LogP contribution in [0.4, 0.5) is 5.69 Å². The van der Waals surface area contributed by atoms with E-state index >= 15 is 0 Å². The van der Waals surface area contributed by atoms with E-state index in [1.165, 1.54) is 12.3 Å². The molecule has 146 valence electrons. The fourth-order valence-corrected chi connectivity index (χ4v) is 2.70. The Morgan fingerprint density at radius 1 is 1.07 bits per heavy atom. The van der Waals surface area contributed by atoms with E-state index in [2.05, 4.69) is 26.5 Å². The number of benzene rings is 3. The van der Waals surface area contributed by atoms with Crippen LogP contribution in [0, 0.1) is 10.1 Å². The van der Waals surface area contributed by atoms with Crippen molar-refractivity contribution >= 4 is 33.7 Å². The van der Waals surface area contributed by atoms with Crippen molar-refractivity contribution in [2.75, 3.05) is 0 Å². The summed E-state index contributed by atoms with van der Waals surface area (Å²) in [7, 11) is 0. The molecule has 0 unspecified atom stereocenters. The summed E-state index contributed by atoms with van der Waals surface area (Å²) < 4.78 is 6.70. The van der Waals surface area contributed by atoms with Crippen molar-refractivity contribution in [3.05, 3.63) is 104 Å². The Morgan fingerprint density at radius 2 is 1.76 bits per heavy atom. The molecule has 3 aromatic carbocycles. The minimum Gasteiger partial charge on any atom is -0.489 e. The molecule has 29 heavy (non-hydrogen) atoms. The second kappa shape index (κ2) is 9.61. The van der Waals surface area contributed by atoms with E-state index in [4.69, 9.17) is 4.74 Å². The van der Waals surface area contributed by atoms with Gasteiger partial charge in [0.15, 0.2) is 0 Å². The quantitative estimate of drug-likeness (QED) is 0.318. The van der Waals surface area contributed by atoms with Gasteiger partial charge in [0.25, 0.3) is 11.6 Å². The number of hydrogen-bond donors (Lipinski definition) is 1. The van der Waals surface area contributed by atoms with Crippen LogP contribution < -0.4 is 10.2 Å². The number of carbonyl (C=O) groups is 1. The van der Waals surface area contributed by atoms with Gasteiger partial charge in [-0.15, -0.1) is 0 Å². The third-order valence-corrected chi connectivity index (χ3v) is 4.47.